The lowest BCUT2D eigenvalue weighted by atomic mass is 10.2. The lowest BCUT2D eigenvalue weighted by Gasteiger charge is -2.12. The van der Waals surface area contributed by atoms with Gasteiger partial charge in [-0.05, 0) is 23.8 Å². The van der Waals surface area contributed by atoms with Crippen molar-refractivity contribution in [2.24, 2.45) is 0 Å². The summed E-state index contributed by atoms with van der Waals surface area (Å²) in [6.07, 6.45) is 0. The second kappa shape index (κ2) is 8.98. The highest BCUT2D eigenvalue weighted by Crippen LogP contribution is 2.19. The van der Waals surface area contributed by atoms with Gasteiger partial charge in [0, 0.05) is 37.7 Å². The van der Waals surface area contributed by atoms with E-state index >= 15 is 0 Å². The van der Waals surface area contributed by atoms with Crippen molar-refractivity contribution in [1.29, 1.82) is 0 Å². The normalized spacial score (nSPS) is 11.4. The van der Waals surface area contributed by atoms with E-state index < -0.39 is 14.9 Å². The molecule has 0 aliphatic carbocycles. The Kier molecular flexibility index (Phi) is 6.94. The number of nitrogens with one attached hydrogen (secondary N) is 1. The van der Waals surface area contributed by atoms with Crippen LogP contribution in [0.5, 0.6) is 0 Å². The second-order valence-electron chi connectivity index (χ2n) is 5.78. The first-order valence-electron chi connectivity index (χ1n) is 7.83. The van der Waals surface area contributed by atoms with Crippen LogP contribution < -0.4 is 5.32 Å². The summed E-state index contributed by atoms with van der Waals surface area (Å²) in [7, 11) is -0.689. The Hall–Kier alpha value is -2.43. The van der Waals surface area contributed by atoms with E-state index in [4.69, 9.17) is 0 Å². The van der Waals surface area contributed by atoms with Crippen molar-refractivity contribution in [3.05, 3.63) is 64.2 Å². The number of amides is 1. The van der Waals surface area contributed by atoms with Crippen molar-refractivity contribution >= 4 is 39.1 Å². The number of thioether (sulfide) groups is 1. The maximum atomic E-state index is 12.1. The number of hydrogen-bond donors (Lipinski definition) is 1. The topological polar surface area (TPSA) is 110 Å². The maximum Gasteiger partial charge on any atom is 0.269 e. The van der Waals surface area contributed by atoms with Crippen LogP contribution in [0.1, 0.15) is 5.56 Å². The average Bonchev–Trinajstić information content (AvgIpc) is 2.62. The standard InChI is InChI=1S/C17H19N3O5S2/c1-19(2)27(24,25)16-5-3-4-14(10-16)18-17(21)12-26-11-13-6-8-15(9-7-13)20(22)23/h3-10H,11-12H2,1-2H3,(H,18,21). The molecule has 27 heavy (non-hydrogen) atoms. The van der Waals surface area contributed by atoms with Crippen molar-refractivity contribution in [2.45, 2.75) is 10.6 Å². The minimum Gasteiger partial charge on any atom is -0.325 e. The summed E-state index contributed by atoms with van der Waals surface area (Å²) in [4.78, 5) is 22.3. The molecule has 0 bridgehead atoms. The summed E-state index contributed by atoms with van der Waals surface area (Å²) in [6.45, 7) is 0. The van der Waals surface area contributed by atoms with Crippen LogP contribution in [0, 0.1) is 10.1 Å². The number of hydrogen-bond acceptors (Lipinski definition) is 6. The summed E-state index contributed by atoms with van der Waals surface area (Å²) in [5.41, 5.74) is 1.30. The van der Waals surface area contributed by atoms with Crippen LogP contribution in [0.15, 0.2) is 53.4 Å². The number of nitro benzene ring substituents is 1. The molecule has 0 atom stereocenters. The molecule has 1 N–H and O–H groups in total. The highest BCUT2D eigenvalue weighted by Gasteiger charge is 2.17. The molecular formula is C17H19N3O5S2. The van der Waals surface area contributed by atoms with E-state index in [9.17, 15) is 23.3 Å². The molecule has 2 aromatic rings. The van der Waals surface area contributed by atoms with Gasteiger partial charge in [-0.25, -0.2) is 12.7 Å². The first-order chi connectivity index (χ1) is 12.7. The van der Waals surface area contributed by atoms with Crippen molar-refractivity contribution in [1.82, 2.24) is 4.31 Å². The maximum absolute atomic E-state index is 12.1. The van der Waals surface area contributed by atoms with Crippen LogP contribution in [-0.2, 0) is 20.6 Å². The number of rotatable bonds is 8. The first kappa shape index (κ1) is 20.9. The fraction of sp³-hybridized carbons (Fsp3) is 0.235. The van der Waals surface area contributed by atoms with Gasteiger partial charge in [0.1, 0.15) is 0 Å². The Bertz CT molecular complexity index is 928. The van der Waals surface area contributed by atoms with Gasteiger partial charge in [0.25, 0.3) is 5.69 Å². The molecule has 144 valence electrons. The van der Waals surface area contributed by atoms with Gasteiger partial charge in [-0.15, -0.1) is 11.8 Å². The van der Waals surface area contributed by atoms with Crippen LogP contribution in [0.4, 0.5) is 11.4 Å². The van der Waals surface area contributed by atoms with Crippen LogP contribution in [0.3, 0.4) is 0 Å². The SMILES string of the molecule is CN(C)S(=O)(=O)c1cccc(NC(=O)CSCc2ccc([N+](=O)[O-])cc2)c1. The van der Waals surface area contributed by atoms with Gasteiger partial charge in [0.2, 0.25) is 15.9 Å². The molecule has 0 saturated carbocycles. The largest absolute Gasteiger partial charge is 0.325 e. The number of benzene rings is 2. The van der Waals surface area contributed by atoms with Crippen LogP contribution in [-0.4, -0.2) is 43.4 Å². The summed E-state index contributed by atoms with van der Waals surface area (Å²) in [6, 6.07) is 12.2. The molecule has 0 unspecified atom stereocenters. The monoisotopic (exact) mass is 409 g/mol. The molecule has 0 spiro atoms. The van der Waals surface area contributed by atoms with E-state index in [2.05, 4.69) is 5.32 Å². The Morgan fingerprint density at radius 2 is 1.85 bits per heavy atom. The number of sulfonamides is 1. The second-order valence-corrected chi connectivity index (χ2v) is 8.92. The Labute approximate surface area is 161 Å². The highest BCUT2D eigenvalue weighted by atomic mass is 32.2. The molecule has 0 saturated heterocycles. The predicted molar refractivity (Wildman–Crippen MR) is 105 cm³/mol. The highest BCUT2D eigenvalue weighted by molar-refractivity contribution is 7.99. The third-order valence-electron chi connectivity index (χ3n) is 3.55. The van der Waals surface area contributed by atoms with Gasteiger partial charge in [-0.3, -0.25) is 14.9 Å². The van der Waals surface area contributed by atoms with Gasteiger partial charge >= 0.3 is 0 Å². The Morgan fingerprint density at radius 1 is 1.19 bits per heavy atom. The number of carbonyl (C=O) groups is 1. The molecule has 0 aliphatic rings. The lowest BCUT2D eigenvalue weighted by Crippen LogP contribution is -2.22. The molecule has 0 heterocycles. The minimum atomic E-state index is -3.57. The van der Waals surface area contributed by atoms with E-state index in [0.717, 1.165) is 9.87 Å². The third-order valence-corrected chi connectivity index (χ3v) is 6.36. The van der Waals surface area contributed by atoms with Gasteiger partial charge in [-0.1, -0.05) is 18.2 Å². The van der Waals surface area contributed by atoms with E-state index in [-0.39, 0.29) is 22.2 Å². The van der Waals surface area contributed by atoms with Crippen LogP contribution >= 0.6 is 11.8 Å². The third kappa shape index (κ3) is 5.78. The summed E-state index contributed by atoms with van der Waals surface area (Å²) in [5.74, 6) is 0.434. The quantitative estimate of drug-likeness (QED) is 0.530. The molecule has 2 aromatic carbocycles. The fourth-order valence-corrected chi connectivity index (χ4v) is 3.85. The molecule has 1 amide bonds. The zero-order valence-corrected chi connectivity index (χ0v) is 16.4. The van der Waals surface area contributed by atoms with Gasteiger partial charge in [0.15, 0.2) is 0 Å². The molecule has 2 rings (SSSR count). The lowest BCUT2D eigenvalue weighted by molar-refractivity contribution is -0.384. The van der Waals surface area contributed by atoms with Gasteiger partial charge in [0.05, 0.1) is 15.6 Å². The minimum absolute atomic E-state index is 0.0223. The zero-order chi connectivity index (χ0) is 20.0. The zero-order valence-electron chi connectivity index (χ0n) is 14.8. The molecular weight excluding hydrogens is 390 g/mol. The van der Waals surface area contributed by atoms with Crippen LogP contribution in [0.25, 0.3) is 0 Å². The van der Waals surface area contributed by atoms with Crippen molar-refractivity contribution in [3.63, 3.8) is 0 Å². The molecule has 8 nitrogen and oxygen atoms in total. The van der Waals surface area contributed by atoms with Crippen molar-refractivity contribution < 1.29 is 18.1 Å². The Morgan fingerprint density at radius 3 is 2.44 bits per heavy atom. The molecule has 0 fully saturated rings. The summed E-state index contributed by atoms with van der Waals surface area (Å²) < 4.78 is 25.4. The van der Waals surface area contributed by atoms with E-state index in [1.165, 1.54) is 50.1 Å². The number of nitrogens with zero attached hydrogens (tertiary/aromatic N) is 2. The summed E-state index contributed by atoms with van der Waals surface area (Å²) in [5, 5.41) is 13.3. The molecule has 0 aromatic heterocycles. The number of anilines is 1. The van der Waals surface area contributed by atoms with E-state index in [0.29, 0.717) is 11.4 Å². The van der Waals surface area contributed by atoms with E-state index in [1.807, 2.05) is 0 Å². The molecule has 10 heteroatoms. The van der Waals surface area contributed by atoms with Gasteiger partial charge in [-0.2, -0.15) is 0 Å². The number of carbonyl (C=O) groups excluding carboxylic acids is 1. The van der Waals surface area contributed by atoms with Crippen LogP contribution in [0.2, 0.25) is 0 Å². The first-order valence-corrected chi connectivity index (χ1v) is 10.4. The molecule has 0 aliphatic heterocycles. The van der Waals surface area contributed by atoms with E-state index in [1.54, 1.807) is 24.3 Å². The summed E-state index contributed by atoms with van der Waals surface area (Å²) >= 11 is 1.35. The van der Waals surface area contributed by atoms with Crippen molar-refractivity contribution in [2.75, 3.05) is 25.2 Å². The fourth-order valence-electron chi connectivity index (χ4n) is 2.12. The van der Waals surface area contributed by atoms with Gasteiger partial charge < -0.3 is 5.32 Å². The smallest absolute Gasteiger partial charge is 0.269 e. The Balaban J connectivity index is 1.90. The van der Waals surface area contributed by atoms with Crippen molar-refractivity contribution in [3.8, 4) is 0 Å². The predicted octanol–water partition coefficient (Wildman–Crippen LogP) is 2.72. The molecule has 0 radical (unpaired) electrons. The number of non-ortho nitro benzene ring substituents is 1. The average molecular weight is 409 g/mol. The number of nitro groups is 1.